The van der Waals surface area contributed by atoms with Gasteiger partial charge in [-0.25, -0.2) is 8.42 Å². The molecule has 2 aromatic carbocycles. The van der Waals surface area contributed by atoms with Crippen LogP contribution in [0.5, 0.6) is 5.75 Å². The van der Waals surface area contributed by atoms with E-state index in [2.05, 4.69) is 0 Å². The number of carbonyl (C=O) groups is 1. The summed E-state index contributed by atoms with van der Waals surface area (Å²) in [6.45, 7) is 1.47. The molecule has 7 nitrogen and oxygen atoms in total. The van der Waals surface area contributed by atoms with Gasteiger partial charge in [-0.1, -0.05) is 23.7 Å². The molecule has 9 heteroatoms. The van der Waals surface area contributed by atoms with Crippen LogP contribution < -0.4 is 10.2 Å². The smallest absolute Gasteiger partial charge is 0.260 e. The van der Waals surface area contributed by atoms with Crippen molar-refractivity contribution in [2.24, 2.45) is 0 Å². The van der Waals surface area contributed by atoms with Crippen LogP contribution in [-0.4, -0.2) is 50.4 Å². The summed E-state index contributed by atoms with van der Waals surface area (Å²) in [6, 6.07) is 11.4. The van der Waals surface area contributed by atoms with Gasteiger partial charge in [0.2, 0.25) is 5.43 Å². The van der Waals surface area contributed by atoms with Crippen LogP contribution >= 0.6 is 11.6 Å². The van der Waals surface area contributed by atoms with Gasteiger partial charge in [0.25, 0.3) is 5.91 Å². The molecule has 0 aliphatic carbocycles. The number of hydrogen-bond donors (Lipinski definition) is 0. The lowest BCUT2D eigenvalue weighted by Crippen LogP contribution is -2.40. The predicted octanol–water partition coefficient (Wildman–Crippen LogP) is 3.45. The lowest BCUT2D eigenvalue weighted by atomic mass is 10.0. The topological polar surface area (TPSA) is 93.9 Å². The summed E-state index contributed by atoms with van der Waals surface area (Å²) in [4.78, 5) is 26.9. The monoisotopic (exact) mass is 475 g/mol. The van der Waals surface area contributed by atoms with Gasteiger partial charge < -0.3 is 14.1 Å². The molecule has 1 amide bonds. The molecular weight excluding hydrogens is 454 g/mol. The van der Waals surface area contributed by atoms with E-state index in [9.17, 15) is 18.0 Å². The molecule has 0 unspecified atom stereocenters. The molecule has 0 radical (unpaired) electrons. The number of benzene rings is 2. The highest BCUT2D eigenvalue weighted by Gasteiger charge is 2.32. The van der Waals surface area contributed by atoms with Crippen molar-refractivity contribution in [3.63, 3.8) is 0 Å². The zero-order chi connectivity index (χ0) is 23.0. The van der Waals surface area contributed by atoms with E-state index in [0.717, 1.165) is 0 Å². The Morgan fingerprint density at radius 2 is 1.94 bits per heavy atom. The molecule has 4 rings (SSSR count). The fraction of sp³-hybridized carbons (Fsp3) is 0.304. The molecule has 1 aliphatic rings. The summed E-state index contributed by atoms with van der Waals surface area (Å²) in [5, 5.41) is 0.973. The Hall–Kier alpha value is -2.84. The molecule has 1 aliphatic heterocycles. The molecule has 0 bridgehead atoms. The van der Waals surface area contributed by atoms with Gasteiger partial charge in [0, 0.05) is 24.2 Å². The quantitative estimate of drug-likeness (QED) is 0.561. The highest BCUT2D eigenvalue weighted by molar-refractivity contribution is 7.91. The number of aryl methyl sites for hydroxylation is 1. The molecular formula is C23H22ClNO6S. The highest BCUT2D eigenvalue weighted by atomic mass is 35.5. The van der Waals surface area contributed by atoms with Crippen molar-refractivity contribution in [3.05, 3.63) is 63.5 Å². The minimum atomic E-state index is -3.08. The molecule has 0 spiro atoms. The Morgan fingerprint density at radius 3 is 2.59 bits per heavy atom. The third-order valence-corrected chi connectivity index (χ3v) is 7.69. The van der Waals surface area contributed by atoms with Gasteiger partial charge >= 0.3 is 0 Å². The van der Waals surface area contributed by atoms with E-state index in [1.54, 1.807) is 56.4 Å². The number of fused-ring (bicyclic) bond motifs is 1. The van der Waals surface area contributed by atoms with E-state index in [1.165, 1.54) is 4.90 Å². The van der Waals surface area contributed by atoms with Crippen LogP contribution in [-0.2, 0) is 14.6 Å². The summed E-state index contributed by atoms with van der Waals surface area (Å²) >= 11 is 5.94. The van der Waals surface area contributed by atoms with Crippen molar-refractivity contribution in [2.75, 3.05) is 25.2 Å². The molecule has 1 fully saturated rings. The van der Waals surface area contributed by atoms with E-state index in [0.29, 0.717) is 45.0 Å². The maximum absolute atomic E-state index is 13.1. The van der Waals surface area contributed by atoms with Crippen LogP contribution in [0.1, 0.15) is 12.2 Å². The van der Waals surface area contributed by atoms with Crippen molar-refractivity contribution in [1.82, 2.24) is 4.90 Å². The largest absolute Gasteiger partial charge is 0.484 e. The second-order valence-electron chi connectivity index (χ2n) is 7.88. The lowest BCUT2D eigenvalue weighted by molar-refractivity contribution is -0.133. The fourth-order valence-corrected chi connectivity index (χ4v) is 5.76. The molecule has 32 heavy (non-hydrogen) atoms. The predicted molar refractivity (Wildman–Crippen MR) is 123 cm³/mol. The second kappa shape index (κ2) is 8.60. The number of carbonyl (C=O) groups excluding carboxylic acids is 1. The van der Waals surface area contributed by atoms with E-state index in [4.69, 9.17) is 20.8 Å². The van der Waals surface area contributed by atoms with Gasteiger partial charge in [-0.3, -0.25) is 9.59 Å². The Morgan fingerprint density at radius 1 is 1.22 bits per heavy atom. The summed E-state index contributed by atoms with van der Waals surface area (Å²) < 4.78 is 34.8. The van der Waals surface area contributed by atoms with Crippen LogP contribution in [0.4, 0.5) is 0 Å². The number of likely N-dealkylation sites (N-methyl/N-ethyl adjacent to an activating group) is 1. The first-order valence-electron chi connectivity index (χ1n) is 10.1. The first kappa shape index (κ1) is 22.4. The van der Waals surface area contributed by atoms with E-state index in [1.807, 2.05) is 0 Å². The SMILES string of the molecule is Cc1oc2cc(OCC(=O)N(C)[C@@H]3CCS(=O)(=O)C3)ccc2c(=O)c1-c1ccc(Cl)cc1. The van der Waals surface area contributed by atoms with Crippen LogP contribution in [0, 0.1) is 6.92 Å². The molecule has 0 saturated carbocycles. The van der Waals surface area contributed by atoms with Crippen LogP contribution in [0.15, 0.2) is 51.7 Å². The van der Waals surface area contributed by atoms with Gasteiger partial charge in [0.15, 0.2) is 16.4 Å². The summed E-state index contributed by atoms with van der Waals surface area (Å²) in [6.07, 6.45) is 0.431. The molecule has 168 valence electrons. The average Bonchev–Trinajstić information content (AvgIpc) is 3.12. The lowest BCUT2D eigenvalue weighted by Gasteiger charge is -2.23. The van der Waals surface area contributed by atoms with Crippen LogP contribution in [0.2, 0.25) is 5.02 Å². The van der Waals surface area contributed by atoms with Gasteiger partial charge in [0.1, 0.15) is 17.1 Å². The second-order valence-corrected chi connectivity index (χ2v) is 10.5. The third kappa shape index (κ3) is 4.52. The van der Waals surface area contributed by atoms with Crippen molar-refractivity contribution in [2.45, 2.75) is 19.4 Å². The van der Waals surface area contributed by atoms with Crippen molar-refractivity contribution < 1.29 is 22.4 Å². The Balaban J connectivity index is 1.53. The standard InChI is InChI=1S/C23H22ClNO6S/c1-14-22(15-3-5-16(24)6-4-15)23(27)19-8-7-18(11-20(19)31-14)30-12-21(26)25(2)17-9-10-32(28,29)13-17/h3-8,11,17H,9-10,12-13H2,1-2H3/t17-/m1/s1. The maximum atomic E-state index is 13.1. The first-order chi connectivity index (χ1) is 15.1. The summed E-state index contributed by atoms with van der Waals surface area (Å²) in [7, 11) is -1.50. The average molecular weight is 476 g/mol. The Kier molecular flexibility index (Phi) is 6.01. The number of hydrogen-bond acceptors (Lipinski definition) is 6. The highest BCUT2D eigenvalue weighted by Crippen LogP contribution is 2.27. The van der Waals surface area contributed by atoms with Crippen molar-refractivity contribution >= 4 is 38.3 Å². The third-order valence-electron chi connectivity index (χ3n) is 5.68. The van der Waals surface area contributed by atoms with Gasteiger partial charge in [-0.05, 0) is 43.2 Å². The molecule has 1 saturated heterocycles. The minimum absolute atomic E-state index is 0.0222. The molecule has 2 heterocycles. The number of sulfone groups is 1. The van der Waals surface area contributed by atoms with E-state index >= 15 is 0 Å². The van der Waals surface area contributed by atoms with E-state index in [-0.39, 0.29) is 35.5 Å². The Labute approximate surface area is 190 Å². The number of ether oxygens (including phenoxy) is 1. The molecule has 1 aromatic heterocycles. The molecule has 1 atom stereocenters. The van der Waals surface area contributed by atoms with Gasteiger partial charge in [0.05, 0.1) is 22.5 Å². The summed E-state index contributed by atoms with van der Waals surface area (Å²) in [5.74, 6) is 0.589. The fourth-order valence-electron chi connectivity index (χ4n) is 3.86. The number of rotatable bonds is 5. The molecule has 0 N–H and O–H groups in total. The van der Waals surface area contributed by atoms with Gasteiger partial charge in [-0.2, -0.15) is 0 Å². The zero-order valence-electron chi connectivity index (χ0n) is 17.6. The van der Waals surface area contributed by atoms with Crippen molar-refractivity contribution in [3.8, 4) is 16.9 Å². The van der Waals surface area contributed by atoms with Crippen LogP contribution in [0.25, 0.3) is 22.1 Å². The van der Waals surface area contributed by atoms with Crippen LogP contribution in [0.3, 0.4) is 0 Å². The maximum Gasteiger partial charge on any atom is 0.260 e. The normalized spacial score (nSPS) is 17.4. The number of amides is 1. The molecule has 3 aromatic rings. The van der Waals surface area contributed by atoms with Crippen molar-refractivity contribution in [1.29, 1.82) is 0 Å². The summed E-state index contributed by atoms with van der Waals surface area (Å²) in [5.41, 5.74) is 1.36. The van der Waals surface area contributed by atoms with E-state index < -0.39 is 9.84 Å². The minimum Gasteiger partial charge on any atom is -0.484 e. The van der Waals surface area contributed by atoms with Gasteiger partial charge in [-0.15, -0.1) is 0 Å². The zero-order valence-corrected chi connectivity index (χ0v) is 19.2. The first-order valence-corrected chi connectivity index (χ1v) is 12.3. The Bertz CT molecular complexity index is 1350. The number of nitrogens with zero attached hydrogens (tertiary/aromatic N) is 1. The number of halogens is 1.